The Bertz CT molecular complexity index is 449. The van der Waals surface area contributed by atoms with Crippen molar-refractivity contribution < 1.29 is 0 Å². The molecule has 0 aliphatic rings. The zero-order chi connectivity index (χ0) is 10.7. The Morgan fingerprint density at radius 1 is 1.33 bits per heavy atom. The van der Waals surface area contributed by atoms with E-state index in [4.69, 9.17) is 5.73 Å². The molecule has 15 heavy (non-hydrogen) atoms. The molecule has 2 nitrogen and oxygen atoms in total. The standard InChI is InChI=1S/C13H16N2/c1-10(14)4-5-11-6-7-12-3-2-8-15-13(12)9-11/h2-3,6-10H,4-5,14H2,1H3. The van der Waals surface area contributed by atoms with Gasteiger partial charge in [-0.25, -0.2) is 0 Å². The lowest BCUT2D eigenvalue weighted by molar-refractivity contribution is 0.666. The highest BCUT2D eigenvalue weighted by atomic mass is 14.6. The third-order valence-electron chi connectivity index (χ3n) is 2.56. The van der Waals surface area contributed by atoms with E-state index in [0.717, 1.165) is 18.4 Å². The summed E-state index contributed by atoms with van der Waals surface area (Å²) in [6, 6.07) is 10.7. The Labute approximate surface area is 90.1 Å². The van der Waals surface area contributed by atoms with Gasteiger partial charge in [0.05, 0.1) is 5.52 Å². The highest BCUT2D eigenvalue weighted by molar-refractivity contribution is 5.78. The number of benzene rings is 1. The summed E-state index contributed by atoms with van der Waals surface area (Å²) in [5.74, 6) is 0. The van der Waals surface area contributed by atoms with Crippen LogP contribution in [0.5, 0.6) is 0 Å². The lowest BCUT2D eigenvalue weighted by Gasteiger charge is -2.05. The van der Waals surface area contributed by atoms with Gasteiger partial charge >= 0.3 is 0 Å². The number of nitrogens with two attached hydrogens (primary N) is 1. The highest BCUT2D eigenvalue weighted by Gasteiger charge is 1.99. The maximum Gasteiger partial charge on any atom is 0.0704 e. The number of hydrogen-bond acceptors (Lipinski definition) is 2. The second-order valence-electron chi connectivity index (χ2n) is 4.05. The molecule has 0 aliphatic carbocycles. The number of hydrogen-bond donors (Lipinski definition) is 1. The largest absolute Gasteiger partial charge is 0.328 e. The Hall–Kier alpha value is -1.41. The van der Waals surface area contributed by atoms with Crippen molar-refractivity contribution >= 4 is 10.9 Å². The monoisotopic (exact) mass is 200 g/mol. The number of fused-ring (bicyclic) bond motifs is 1. The fraction of sp³-hybridized carbons (Fsp3) is 0.308. The Kier molecular flexibility index (Phi) is 2.97. The molecule has 2 N–H and O–H groups in total. The van der Waals surface area contributed by atoms with Crippen LogP contribution in [0.3, 0.4) is 0 Å². The molecule has 0 bridgehead atoms. The van der Waals surface area contributed by atoms with E-state index in [1.165, 1.54) is 10.9 Å². The molecule has 0 fully saturated rings. The molecule has 1 heterocycles. The highest BCUT2D eigenvalue weighted by Crippen LogP contribution is 2.14. The first kappa shape index (κ1) is 10.1. The molecular weight excluding hydrogens is 184 g/mol. The minimum Gasteiger partial charge on any atom is -0.328 e. The number of aryl methyl sites for hydroxylation is 1. The number of nitrogens with zero attached hydrogens (tertiary/aromatic N) is 1. The number of rotatable bonds is 3. The molecule has 2 heteroatoms. The van der Waals surface area contributed by atoms with Crippen LogP contribution >= 0.6 is 0 Å². The molecule has 1 atom stereocenters. The van der Waals surface area contributed by atoms with E-state index < -0.39 is 0 Å². The van der Waals surface area contributed by atoms with Crippen molar-refractivity contribution in [1.82, 2.24) is 4.98 Å². The number of pyridine rings is 1. The average molecular weight is 200 g/mol. The van der Waals surface area contributed by atoms with E-state index in [1.807, 2.05) is 19.2 Å². The van der Waals surface area contributed by atoms with Crippen LogP contribution in [0.1, 0.15) is 18.9 Å². The summed E-state index contributed by atoms with van der Waals surface area (Å²) in [5, 5.41) is 1.20. The lowest BCUT2D eigenvalue weighted by Crippen LogP contribution is -2.15. The average Bonchev–Trinajstić information content (AvgIpc) is 2.26. The Balaban J connectivity index is 2.23. The summed E-state index contributed by atoms with van der Waals surface area (Å²) < 4.78 is 0. The molecule has 2 aromatic rings. The first-order valence-corrected chi connectivity index (χ1v) is 5.35. The molecule has 0 saturated carbocycles. The van der Waals surface area contributed by atoms with E-state index in [9.17, 15) is 0 Å². The van der Waals surface area contributed by atoms with Crippen LogP contribution in [0.25, 0.3) is 10.9 Å². The van der Waals surface area contributed by atoms with Crippen molar-refractivity contribution in [3.05, 3.63) is 42.1 Å². The second-order valence-corrected chi connectivity index (χ2v) is 4.05. The van der Waals surface area contributed by atoms with E-state index in [-0.39, 0.29) is 6.04 Å². The summed E-state index contributed by atoms with van der Waals surface area (Å²) in [7, 11) is 0. The van der Waals surface area contributed by atoms with Gasteiger partial charge in [-0.05, 0) is 37.5 Å². The van der Waals surface area contributed by atoms with Crippen LogP contribution in [0.4, 0.5) is 0 Å². The SMILES string of the molecule is CC(N)CCc1ccc2cccnc2c1. The van der Waals surface area contributed by atoms with Gasteiger partial charge in [-0.15, -0.1) is 0 Å². The fourth-order valence-corrected chi connectivity index (χ4v) is 1.66. The third kappa shape index (κ3) is 2.54. The van der Waals surface area contributed by atoms with Crippen molar-refractivity contribution in [1.29, 1.82) is 0 Å². The maximum absolute atomic E-state index is 5.74. The van der Waals surface area contributed by atoms with Crippen LogP contribution in [0.15, 0.2) is 36.5 Å². The second kappa shape index (κ2) is 4.41. The first-order chi connectivity index (χ1) is 7.25. The summed E-state index contributed by atoms with van der Waals surface area (Å²) in [5.41, 5.74) is 8.12. The van der Waals surface area contributed by atoms with Gasteiger partial charge < -0.3 is 5.73 Å². The minimum absolute atomic E-state index is 0.268. The van der Waals surface area contributed by atoms with Gasteiger partial charge in [0.1, 0.15) is 0 Å². The van der Waals surface area contributed by atoms with Crippen LogP contribution in [-0.2, 0) is 6.42 Å². The summed E-state index contributed by atoms with van der Waals surface area (Å²) in [6.07, 6.45) is 3.89. The molecule has 0 aliphatic heterocycles. The molecule has 0 saturated heterocycles. The van der Waals surface area contributed by atoms with E-state index in [1.54, 1.807) is 0 Å². The third-order valence-corrected chi connectivity index (χ3v) is 2.56. The molecule has 0 radical (unpaired) electrons. The normalized spacial score (nSPS) is 12.9. The molecule has 0 spiro atoms. The van der Waals surface area contributed by atoms with Crippen LogP contribution < -0.4 is 5.73 Å². The van der Waals surface area contributed by atoms with Gasteiger partial charge in [0.25, 0.3) is 0 Å². The van der Waals surface area contributed by atoms with Crippen molar-refractivity contribution in [2.24, 2.45) is 5.73 Å². The zero-order valence-electron chi connectivity index (χ0n) is 8.98. The quantitative estimate of drug-likeness (QED) is 0.826. The molecule has 1 aromatic heterocycles. The van der Waals surface area contributed by atoms with Crippen molar-refractivity contribution in [3.63, 3.8) is 0 Å². The van der Waals surface area contributed by atoms with Crippen LogP contribution in [-0.4, -0.2) is 11.0 Å². The first-order valence-electron chi connectivity index (χ1n) is 5.35. The van der Waals surface area contributed by atoms with Gasteiger partial charge in [-0.1, -0.05) is 18.2 Å². The van der Waals surface area contributed by atoms with E-state index in [0.29, 0.717) is 0 Å². The predicted octanol–water partition coefficient (Wildman–Crippen LogP) is 2.51. The predicted molar refractivity (Wildman–Crippen MR) is 63.7 cm³/mol. The Morgan fingerprint density at radius 3 is 3.00 bits per heavy atom. The van der Waals surface area contributed by atoms with Gasteiger partial charge in [0, 0.05) is 17.6 Å². The van der Waals surface area contributed by atoms with Crippen molar-refractivity contribution in [2.45, 2.75) is 25.8 Å². The Morgan fingerprint density at radius 2 is 2.20 bits per heavy atom. The molecule has 78 valence electrons. The summed E-state index contributed by atoms with van der Waals surface area (Å²) >= 11 is 0. The van der Waals surface area contributed by atoms with Crippen molar-refractivity contribution in [3.8, 4) is 0 Å². The van der Waals surface area contributed by atoms with Gasteiger partial charge in [0.2, 0.25) is 0 Å². The summed E-state index contributed by atoms with van der Waals surface area (Å²) in [4.78, 5) is 4.34. The van der Waals surface area contributed by atoms with Crippen molar-refractivity contribution in [2.75, 3.05) is 0 Å². The lowest BCUT2D eigenvalue weighted by atomic mass is 10.0. The minimum atomic E-state index is 0.268. The fourth-order valence-electron chi connectivity index (χ4n) is 1.66. The maximum atomic E-state index is 5.74. The topological polar surface area (TPSA) is 38.9 Å². The number of aromatic nitrogens is 1. The molecular formula is C13H16N2. The van der Waals surface area contributed by atoms with Crippen LogP contribution in [0, 0.1) is 0 Å². The summed E-state index contributed by atoms with van der Waals surface area (Å²) in [6.45, 7) is 2.04. The van der Waals surface area contributed by atoms with Gasteiger partial charge in [0.15, 0.2) is 0 Å². The molecule has 0 amide bonds. The molecule has 2 rings (SSSR count). The zero-order valence-corrected chi connectivity index (χ0v) is 8.98. The van der Waals surface area contributed by atoms with Crippen LogP contribution in [0.2, 0.25) is 0 Å². The van der Waals surface area contributed by atoms with Gasteiger partial charge in [-0.2, -0.15) is 0 Å². The van der Waals surface area contributed by atoms with E-state index in [2.05, 4.69) is 29.2 Å². The van der Waals surface area contributed by atoms with Gasteiger partial charge in [-0.3, -0.25) is 4.98 Å². The van der Waals surface area contributed by atoms with E-state index >= 15 is 0 Å². The smallest absolute Gasteiger partial charge is 0.0704 e. The molecule has 1 unspecified atom stereocenters. The molecule has 1 aromatic carbocycles.